The van der Waals surface area contributed by atoms with Crippen molar-refractivity contribution >= 4 is 22.4 Å². The maximum Gasteiger partial charge on any atom is 0.230 e. The van der Waals surface area contributed by atoms with Gasteiger partial charge in [0.25, 0.3) is 0 Å². The molecule has 1 aromatic heterocycles. The molecule has 0 atom stereocenters. The summed E-state index contributed by atoms with van der Waals surface area (Å²) in [5, 5.41) is 21.5. The summed E-state index contributed by atoms with van der Waals surface area (Å²) in [5.41, 5.74) is 0.849. The van der Waals surface area contributed by atoms with Crippen LogP contribution in [0.25, 0.3) is 0 Å². The van der Waals surface area contributed by atoms with Gasteiger partial charge >= 0.3 is 0 Å². The fraction of sp³-hybridized carbons (Fsp3) is 0.308. The lowest BCUT2D eigenvalue weighted by Gasteiger charge is -2.01. The van der Waals surface area contributed by atoms with E-state index in [1.54, 1.807) is 24.3 Å². The summed E-state index contributed by atoms with van der Waals surface area (Å²) >= 11 is 1.45. The first kappa shape index (κ1) is 12.1. The van der Waals surface area contributed by atoms with Gasteiger partial charge in [0.05, 0.1) is 6.42 Å². The molecule has 2 N–H and O–H groups in total. The Hall–Kier alpha value is -1.95. The summed E-state index contributed by atoms with van der Waals surface area (Å²) in [7, 11) is 0. The molecule has 1 saturated carbocycles. The number of anilines is 1. The number of rotatable bonds is 4. The van der Waals surface area contributed by atoms with Crippen LogP contribution in [0.2, 0.25) is 0 Å². The van der Waals surface area contributed by atoms with Gasteiger partial charge in [0, 0.05) is 5.92 Å². The minimum atomic E-state index is -0.121. The Balaban J connectivity index is 1.59. The molecule has 1 aliphatic carbocycles. The highest BCUT2D eigenvalue weighted by Crippen LogP contribution is 2.42. The molecule has 1 aliphatic rings. The van der Waals surface area contributed by atoms with Gasteiger partial charge in [-0.3, -0.25) is 4.79 Å². The van der Waals surface area contributed by atoms with E-state index in [4.69, 9.17) is 5.11 Å². The molecule has 3 rings (SSSR count). The molecule has 6 heteroatoms. The molecule has 0 radical (unpaired) electrons. The summed E-state index contributed by atoms with van der Waals surface area (Å²) in [6.07, 6.45) is 2.62. The normalized spacial score (nSPS) is 14.3. The van der Waals surface area contributed by atoms with Crippen LogP contribution in [-0.4, -0.2) is 21.2 Å². The van der Waals surface area contributed by atoms with Crippen LogP contribution in [0.15, 0.2) is 24.3 Å². The molecule has 0 spiro atoms. The predicted octanol–water partition coefficient (Wildman–Crippen LogP) is 2.30. The number of amides is 1. The van der Waals surface area contributed by atoms with E-state index in [2.05, 4.69) is 15.5 Å². The minimum Gasteiger partial charge on any atom is -0.508 e. The Bertz CT molecular complexity index is 590. The molecule has 98 valence electrons. The molecule has 0 bridgehead atoms. The molecule has 2 aromatic rings. The second-order valence-electron chi connectivity index (χ2n) is 4.61. The third-order valence-electron chi connectivity index (χ3n) is 2.91. The lowest BCUT2D eigenvalue weighted by molar-refractivity contribution is -0.115. The van der Waals surface area contributed by atoms with E-state index in [-0.39, 0.29) is 18.1 Å². The van der Waals surface area contributed by atoms with Gasteiger partial charge in [-0.05, 0) is 30.5 Å². The average Bonchev–Trinajstić information content (AvgIpc) is 3.14. The first-order valence-corrected chi connectivity index (χ1v) is 6.93. The molecule has 1 fully saturated rings. The lowest BCUT2D eigenvalue weighted by Crippen LogP contribution is -2.14. The maximum atomic E-state index is 11.8. The minimum absolute atomic E-state index is 0.121. The number of nitrogens with one attached hydrogen (secondary N) is 1. The second kappa shape index (κ2) is 4.97. The molecule has 19 heavy (non-hydrogen) atoms. The number of nitrogens with zero attached hydrogens (tertiary/aromatic N) is 2. The highest BCUT2D eigenvalue weighted by Gasteiger charge is 2.27. The number of aromatic hydroxyl groups is 1. The van der Waals surface area contributed by atoms with Crippen molar-refractivity contribution in [2.24, 2.45) is 0 Å². The quantitative estimate of drug-likeness (QED) is 0.897. The van der Waals surface area contributed by atoms with Crippen molar-refractivity contribution in [1.29, 1.82) is 0 Å². The molecular formula is C13H13N3O2S. The van der Waals surface area contributed by atoms with Crippen molar-refractivity contribution in [1.82, 2.24) is 10.2 Å². The van der Waals surface area contributed by atoms with Gasteiger partial charge in [0.2, 0.25) is 11.0 Å². The summed E-state index contributed by atoms with van der Waals surface area (Å²) in [4.78, 5) is 11.8. The van der Waals surface area contributed by atoms with Crippen molar-refractivity contribution in [2.75, 3.05) is 5.32 Å². The highest BCUT2D eigenvalue weighted by atomic mass is 32.1. The lowest BCUT2D eigenvalue weighted by atomic mass is 10.1. The van der Waals surface area contributed by atoms with E-state index in [0.717, 1.165) is 10.6 Å². The smallest absolute Gasteiger partial charge is 0.230 e. The van der Waals surface area contributed by atoms with Crippen molar-refractivity contribution in [3.63, 3.8) is 0 Å². The number of phenols is 1. The van der Waals surface area contributed by atoms with Gasteiger partial charge in [-0.2, -0.15) is 0 Å². The van der Waals surface area contributed by atoms with Gasteiger partial charge in [-0.15, -0.1) is 10.2 Å². The van der Waals surface area contributed by atoms with E-state index in [9.17, 15) is 4.79 Å². The van der Waals surface area contributed by atoms with Gasteiger partial charge in [-0.25, -0.2) is 0 Å². The fourth-order valence-corrected chi connectivity index (χ4v) is 2.67. The van der Waals surface area contributed by atoms with Crippen LogP contribution < -0.4 is 5.32 Å². The van der Waals surface area contributed by atoms with E-state index in [1.165, 1.54) is 24.2 Å². The van der Waals surface area contributed by atoms with Crippen molar-refractivity contribution < 1.29 is 9.90 Å². The number of aromatic nitrogens is 2. The molecular weight excluding hydrogens is 262 g/mol. The highest BCUT2D eigenvalue weighted by molar-refractivity contribution is 7.15. The number of hydrogen-bond acceptors (Lipinski definition) is 5. The van der Waals surface area contributed by atoms with Gasteiger partial charge in [0.1, 0.15) is 10.8 Å². The fourth-order valence-electron chi connectivity index (χ4n) is 1.74. The van der Waals surface area contributed by atoms with Crippen molar-refractivity contribution in [3.8, 4) is 5.75 Å². The van der Waals surface area contributed by atoms with Crippen LogP contribution in [0.4, 0.5) is 5.13 Å². The standard InChI is InChI=1S/C13H13N3O2S/c17-10-5-1-8(2-6-10)7-11(18)14-13-16-15-12(19-13)9-3-4-9/h1-2,5-6,9,17H,3-4,7H2,(H,14,16,18). The van der Waals surface area contributed by atoms with Crippen molar-refractivity contribution in [3.05, 3.63) is 34.8 Å². The van der Waals surface area contributed by atoms with Crippen LogP contribution in [0.5, 0.6) is 5.75 Å². The van der Waals surface area contributed by atoms with E-state index >= 15 is 0 Å². The third kappa shape index (κ3) is 3.08. The van der Waals surface area contributed by atoms with Crippen molar-refractivity contribution in [2.45, 2.75) is 25.2 Å². The molecule has 1 heterocycles. The number of hydrogen-bond donors (Lipinski definition) is 2. The number of benzene rings is 1. The van der Waals surface area contributed by atoms with Crippen LogP contribution in [0.1, 0.15) is 29.3 Å². The Kier molecular flexibility index (Phi) is 3.16. The first-order chi connectivity index (χ1) is 9.20. The Morgan fingerprint density at radius 3 is 2.74 bits per heavy atom. The third-order valence-corrected chi connectivity index (χ3v) is 3.92. The summed E-state index contributed by atoms with van der Waals surface area (Å²) in [5.74, 6) is 0.631. The maximum absolute atomic E-state index is 11.8. The molecule has 0 unspecified atom stereocenters. The molecule has 5 nitrogen and oxygen atoms in total. The van der Waals surface area contributed by atoms with E-state index < -0.39 is 0 Å². The summed E-state index contributed by atoms with van der Waals surface area (Å²) in [6, 6.07) is 6.59. The number of carbonyl (C=O) groups is 1. The summed E-state index contributed by atoms with van der Waals surface area (Å²) < 4.78 is 0. The SMILES string of the molecule is O=C(Cc1ccc(O)cc1)Nc1nnc(C2CC2)s1. The molecule has 1 aromatic carbocycles. The predicted molar refractivity (Wildman–Crippen MR) is 72.3 cm³/mol. The first-order valence-electron chi connectivity index (χ1n) is 6.12. The number of carbonyl (C=O) groups excluding carboxylic acids is 1. The second-order valence-corrected chi connectivity index (χ2v) is 5.62. The van der Waals surface area contributed by atoms with Gasteiger partial charge in [0.15, 0.2) is 0 Å². The van der Waals surface area contributed by atoms with Crippen LogP contribution >= 0.6 is 11.3 Å². The van der Waals surface area contributed by atoms with Crippen LogP contribution in [-0.2, 0) is 11.2 Å². The van der Waals surface area contributed by atoms with Crippen LogP contribution in [0.3, 0.4) is 0 Å². The number of phenolic OH excluding ortho intramolecular Hbond substituents is 1. The largest absolute Gasteiger partial charge is 0.508 e. The van der Waals surface area contributed by atoms with E-state index in [0.29, 0.717) is 11.0 Å². The van der Waals surface area contributed by atoms with Gasteiger partial charge in [-0.1, -0.05) is 23.5 Å². The topological polar surface area (TPSA) is 75.1 Å². The van der Waals surface area contributed by atoms with Crippen LogP contribution in [0, 0.1) is 0 Å². The Morgan fingerprint density at radius 1 is 1.32 bits per heavy atom. The summed E-state index contributed by atoms with van der Waals surface area (Å²) in [6.45, 7) is 0. The van der Waals surface area contributed by atoms with Gasteiger partial charge < -0.3 is 10.4 Å². The molecule has 1 amide bonds. The molecule has 0 aliphatic heterocycles. The monoisotopic (exact) mass is 275 g/mol. The Morgan fingerprint density at radius 2 is 2.05 bits per heavy atom. The zero-order valence-corrected chi connectivity index (χ0v) is 11.0. The van der Waals surface area contributed by atoms with E-state index in [1.807, 2.05) is 0 Å². The molecule has 0 saturated heterocycles. The Labute approximate surface area is 114 Å². The zero-order valence-electron chi connectivity index (χ0n) is 10.2. The average molecular weight is 275 g/mol. The zero-order chi connectivity index (χ0) is 13.2.